The Morgan fingerprint density at radius 2 is 1.67 bits per heavy atom. The minimum Gasteiger partial charge on any atom is -0.496 e. The molecular weight excluding hydrogens is 258 g/mol. The molecule has 0 heterocycles. The van der Waals surface area contributed by atoms with Crippen LogP contribution in [0.3, 0.4) is 0 Å². The zero-order chi connectivity index (χ0) is 15.2. The first-order valence-corrected chi connectivity index (χ1v) is 7.51. The molecule has 1 unspecified atom stereocenters. The first-order chi connectivity index (χ1) is 10.1. The fraction of sp³-hybridized carbons (Fsp3) is 0.368. The monoisotopic (exact) mass is 283 g/mol. The number of hydrogen-bond acceptors (Lipinski definition) is 2. The summed E-state index contributed by atoms with van der Waals surface area (Å²) in [6.45, 7) is 4.98. The summed E-state index contributed by atoms with van der Waals surface area (Å²) in [5, 5.41) is 0. The zero-order valence-electron chi connectivity index (χ0n) is 13.2. The van der Waals surface area contributed by atoms with Gasteiger partial charge in [0.25, 0.3) is 0 Å². The van der Waals surface area contributed by atoms with Crippen molar-refractivity contribution >= 4 is 0 Å². The van der Waals surface area contributed by atoms with Crippen LogP contribution in [0.4, 0.5) is 0 Å². The Hall–Kier alpha value is -1.80. The summed E-state index contributed by atoms with van der Waals surface area (Å²) < 4.78 is 5.44. The van der Waals surface area contributed by atoms with Gasteiger partial charge in [0.1, 0.15) is 5.75 Å². The van der Waals surface area contributed by atoms with Gasteiger partial charge in [0, 0.05) is 0 Å². The van der Waals surface area contributed by atoms with Crippen molar-refractivity contribution in [2.24, 2.45) is 11.7 Å². The molecule has 0 aliphatic heterocycles. The lowest BCUT2D eigenvalue weighted by Crippen LogP contribution is -2.19. The Labute approximate surface area is 127 Å². The van der Waals surface area contributed by atoms with Gasteiger partial charge >= 0.3 is 0 Å². The van der Waals surface area contributed by atoms with Crippen molar-refractivity contribution in [2.45, 2.75) is 26.7 Å². The van der Waals surface area contributed by atoms with Crippen LogP contribution in [-0.2, 0) is 12.8 Å². The molecule has 112 valence electrons. The standard InChI is InChI=1S/C19H25NO/c1-14-8-15(2)10-16(9-14)11-17(13-20)12-18-6-4-5-7-19(18)21-3/h4-10,17H,11-13,20H2,1-3H3. The van der Waals surface area contributed by atoms with Crippen molar-refractivity contribution in [1.82, 2.24) is 0 Å². The number of ether oxygens (including phenoxy) is 1. The van der Waals surface area contributed by atoms with Gasteiger partial charge in [-0.05, 0) is 56.3 Å². The van der Waals surface area contributed by atoms with E-state index in [4.69, 9.17) is 10.5 Å². The summed E-state index contributed by atoms with van der Waals surface area (Å²) in [6.07, 6.45) is 1.96. The van der Waals surface area contributed by atoms with Gasteiger partial charge in [0.2, 0.25) is 0 Å². The summed E-state index contributed by atoms with van der Waals surface area (Å²) in [5.74, 6) is 1.39. The van der Waals surface area contributed by atoms with Crippen molar-refractivity contribution in [1.29, 1.82) is 0 Å². The molecule has 0 aliphatic rings. The molecule has 2 aromatic carbocycles. The molecule has 21 heavy (non-hydrogen) atoms. The van der Waals surface area contributed by atoms with Crippen LogP contribution in [0.15, 0.2) is 42.5 Å². The van der Waals surface area contributed by atoms with Crippen LogP contribution < -0.4 is 10.5 Å². The quantitative estimate of drug-likeness (QED) is 0.878. The molecule has 2 aromatic rings. The SMILES string of the molecule is COc1ccccc1CC(CN)Cc1cc(C)cc(C)c1. The Kier molecular flexibility index (Phi) is 5.40. The Morgan fingerprint density at radius 3 is 2.29 bits per heavy atom. The molecule has 0 radical (unpaired) electrons. The lowest BCUT2D eigenvalue weighted by Gasteiger charge is -2.17. The lowest BCUT2D eigenvalue weighted by atomic mass is 9.91. The van der Waals surface area contributed by atoms with Gasteiger partial charge in [0.05, 0.1) is 7.11 Å². The van der Waals surface area contributed by atoms with Crippen molar-refractivity contribution in [3.05, 3.63) is 64.7 Å². The second-order valence-corrected chi connectivity index (χ2v) is 5.82. The molecule has 0 spiro atoms. The van der Waals surface area contributed by atoms with E-state index in [1.54, 1.807) is 7.11 Å². The summed E-state index contributed by atoms with van der Waals surface area (Å²) >= 11 is 0. The molecule has 2 rings (SSSR count). The normalized spacial score (nSPS) is 12.2. The van der Waals surface area contributed by atoms with Crippen molar-refractivity contribution < 1.29 is 4.74 Å². The highest BCUT2D eigenvalue weighted by Gasteiger charge is 2.12. The summed E-state index contributed by atoms with van der Waals surface area (Å²) in [7, 11) is 1.72. The molecule has 0 aromatic heterocycles. The van der Waals surface area contributed by atoms with Crippen LogP contribution in [0, 0.1) is 19.8 Å². The highest BCUT2D eigenvalue weighted by Crippen LogP contribution is 2.23. The highest BCUT2D eigenvalue weighted by atomic mass is 16.5. The predicted molar refractivity (Wildman–Crippen MR) is 88.9 cm³/mol. The van der Waals surface area contributed by atoms with Crippen LogP contribution in [0.2, 0.25) is 0 Å². The molecule has 2 heteroatoms. The summed E-state index contributed by atoms with van der Waals surface area (Å²) in [5.41, 5.74) is 11.2. The first-order valence-electron chi connectivity index (χ1n) is 7.51. The van der Waals surface area contributed by atoms with Gasteiger partial charge in [0.15, 0.2) is 0 Å². The Balaban J connectivity index is 2.13. The third-order valence-corrected chi connectivity index (χ3v) is 3.84. The fourth-order valence-corrected chi connectivity index (χ4v) is 2.94. The summed E-state index contributed by atoms with van der Waals surface area (Å²) in [4.78, 5) is 0. The molecule has 0 amide bonds. The number of aryl methyl sites for hydroxylation is 2. The summed E-state index contributed by atoms with van der Waals surface area (Å²) in [6, 6.07) is 14.9. The maximum atomic E-state index is 6.00. The van der Waals surface area contributed by atoms with Crippen LogP contribution in [-0.4, -0.2) is 13.7 Å². The molecule has 0 saturated carbocycles. The largest absolute Gasteiger partial charge is 0.496 e. The topological polar surface area (TPSA) is 35.2 Å². The minimum atomic E-state index is 0.433. The number of rotatable bonds is 6. The molecule has 2 N–H and O–H groups in total. The van der Waals surface area contributed by atoms with E-state index in [2.05, 4.69) is 44.2 Å². The van der Waals surface area contributed by atoms with Gasteiger partial charge in [-0.3, -0.25) is 0 Å². The number of para-hydroxylation sites is 1. The molecule has 1 atom stereocenters. The average molecular weight is 283 g/mol. The number of hydrogen-bond donors (Lipinski definition) is 1. The molecule has 0 saturated heterocycles. The van der Waals surface area contributed by atoms with Crippen molar-refractivity contribution in [3.63, 3.8) is 0 Å². The smallest absolute Gasteiger partial charge is 0.122 e. The van der Waals surface area contributed by atoms with Gasteiger partial charge < -0.3 is 10.5 Å². The van der Waals surface area contributed by atoms with E-state index >= 15 is 0 Å². The molecule has 2 nitrogen and oxygen atoms in total. The van der Waals surface area contributed by atoms with Crippen LogP contribution in [0.5, 0.6) is 5.75 Å². The Bertz CT molecular complexity index is 572. The zero-order valence-corrected chi connectivity index (χ0v) is 13.2. The third-order valence-electron chi connectivity index (χ3n) is 3.84. The second-order valence-electron chi connectivity index (χ2n) is 5.82. The van der Waals surface area contributed by atoms with Gasteiger partial charge in [-0.1, -0.05) is 47.5 Å². The van der Waals surface area contributed by atoms with Gasteiger partial charge in [-0.25, -0.2) is 0 Å². The maximum Gasteiger partial charge on any atom is 0.122 e. The van der Waals surface area contributed by atoms with Crippen molar-refractivity contribution in [2.75, 3.05) is 13.7 Å². The third kappa shape index (κ3) is 4.33. The number of benzene rings is 2. The first kappa shape index (κ1) is 15.6. The van der Waals surface area contributed by atoms with E-state index in [0.29, 0.717) is 12.5 Å². The minimum absolute atomic E-state index is 0.433. The van der Waals surface area contributed by atoms with E-state index in [9.17, 15) is 0 Å². The van der Waals surface area contributed by atoms with E-state index in [0.717, 1.165) is 18.6 Å². The van der Waals surface area contributed by atoms with Crippen molar-refractivity contribution in [3.8, 4) is 5.75 Å². The van der Waals surface area contributed by atoms with Crippen LogP contribution >= 0.6 is 0 Å². The van der Waals surface area contributed by atoms with Gasteiger partial charge in [-0.15, -0.1) is 0 Å². The van der Waals surface area contributed by atoms with Crippen LogP contribution in [0.1, 0.15) is 22.3 Å². The Morgan fingerprint density at radius 1 is 1.00 bits per heavy atom. The highest BCUT2D eigenvalue weighted by molar-refractivity contribution is 5.34. The lowest BCUT2D eigenvalue weighted by molar-refractivity contribution is 0.404. The predicted octanol–water partition coefficient (Wildman–Crippen LogP) is 3.67. The molecular formula is C19H25NO. The molecule has 0 fully saturated rings. The molecule has 0 aliphatic carbocycles. The van der Waals surface area contributed by atoms with E-state index in [1.807, 2.05) is 12.1 Å². The maximum absolute atomic E-state index is 6.00. The van der Waals surface area contributed by atoms with E-state index in [-0.39, 0.29) is 0 Å². The fourth-order valence-electron chi connectivity index (χ4n) is 2.94. The number of methoxy groups -OCH3 is 1. The van der Waals surface area contributed by atoms with E-state index in [1.165, 1.54) is 22.3 Å². The van der Waals surface area contributed by atoms with Crippen LogP contribution in [0.25, 0.3) is 0 Å². The number of nitrogens with two attached hydrogens (primary N) is 1. The molecule has 0 bridgehead atoms. The average Bonchev–Trinajstić information content (AvgIpc) is 2.46. The van der Waals surface area contributed by atoms with E-state index < -0.39 is 0 Å². The second kappa shape index (κ2) is 7.28. The van der Waals surface area contributed by atoms with Gasteiger partial charge in [-0.2, -0.15) is 0 Å².